The average molecular weight is 315 g/mol. The van der Waals surface area contributed by atoms with E-state index in [1.54, 1.807) is 11.1 Å². The Kier molecular flexibility index (Phi) is 4.07. The molecule has 0 saturated carbocycles. The molecule has 0 aromatic carbocycles. The van der Waals surface area contributed by atoms with Gasteiger partial charge in [0.2, 0.25) is 11.8 Å². The van der Waals surface area contributed by atoms with Gasteiger partial charge in [-0.3, -0.25) is 4.79 Å². The second-order valence-electron chi connectivity index (χ2n) is 6.10. The lowest BCUT2D eigenvalue weighted by Crippen LogP contribution is -2.43. The number of rotatable bonds is 3. The van der Waals surface area contributed by atoms with Gasteiger partial charge in [0.1, 0.15) is 17.6 Å². The van der Waals surface area contributed by atoms with Gasteiger partial charge in [0.25, 0.3) is 0 Å². The van der Waals surface area contributed by atoms with Crippen LogP contribution in [0.25, 0.3) is 0 Å². The minimum absolute atomic E-state index is 0.0482. The van der Waals surface area contributed by atoms with Crippen LogP contribution in [0.2, 0.25) is 0 Å². The summed E-state index contributed by atoms with van der Waals surface area (Å²) in [5, 5.41) is 3.98. The van der Waals surface area contributed by atoms with Gasteiger partial charge in [0.05, 0.1) is 12.2 Å². The minimum Gasteiger partial charge on any atom is -0.471 e. The summed E-state index contributed by atoms with van der Waals surface area (Å²) in [5.41, 5.74) is 2.60. The molecule has 0 unspecified atom stereocenters. The van der Waals surface area contributed by atoms with Crippen LogP contribution >= 0.6 is 0 Å². The fourth-order valence-corrected chi connectivity index (χ4v) is 3.17. The Bertz CT molecular complexity index is 706. The van der Waals surface area contributed by atoms with E-state index < -0.39 is 0 Å². The van der Waals surface area contributed by atoms with Crippen LogP contribution in [0, 0.1) is 13.8 Å². The van der Waals surface area contributed by atoms with Crippen LogP contribution in [0.15, 0.2) is 22.9 Å². The number of hydrogen-bond donors (Lipinski definition) is 0. The standard InChI is InChI=1S/C17H21N3O3/c1-10(16-12(3)19-23-13(16)4)8-15(21)20-9-11(2)22-17-14(20)6-5-7-18-17/h5-7,10-11H,8-9H2,1-4H3/t10-,11-/m0/s1. The number of amides is 1. The second-order valence-corrected chi connectivity index (χ2v) is 6.10. The molecule has 0 fully saturated rings. The number of pyridine rings is 1. The van der Waals surface area contributed by atoms with E-state index in [1.807, 2.05) is 39.8 Å². The zero-order valence-electron chi connectivity index (χ0n) is 13.9. The van der Waals surface area contributed by atoms with E-state index in [2.05, 4.69) is 10.1 Å². The molecule has 3 heterocycles. The Morgan fingerprint density at radius 2 is 2.26 bits per heavy atom. The molecule has 1 aliphatic heterocycles. The number of nitrogens with zero attached hydrogens (tertiary/aromatic N) is 3. The van der Waals surface area contributed by atoms with Gasteiger partial charge in [-0.05, 0) is 38.8 Å². The highest BCUT2D eigenvalue weighted by Gasteiger charge is 2.30. The summed E-state index contributed by atoms with van der Waals surface area (Å²) in [4.78, 5) is 18.8. The lowest BCUT2D eigenvalue weighted by atomic mass is 9.95. The highest BCUT2D eigenvalue weighted by Crippen LogP contribution is 2.33. The lowest BCUT2D eigenvalue weighted by molar-refractivity contribution is -0.119. The third-order valence-corrected chi connectivity index (χ3v) is 4.16. The molecule has 2 aromatic rings. The molecule has 0 N–H and O–H groups in total. The fraction of sp³-hybridized carbons (Fsp3) is 0.471. The molecule has 0 aliphatic carbocycles. The number of carbonyl (C=O) groups excluding carboxylic acids is 1. The molecule has 23 heavy (non-hydrogen) atoms. The smallest absolute Gasteiger partial charge is 0.238 e. The molecular weight excluding hydrogens is 294 g/mol. The first-order valence-corrected chi connectivity index (χ1v) is 7.82. The first kappa shape index (κ1) is 15.5. The summed E-state index contributed by atoms with van der Waals surface area (Å²) >= 11 is 0. The molecular formula is C17H21N3O3. The van der Waals surface area contributed by atoms with Crippen molar-refractivity contribution < 1.29 is 14.1 Å². The molecule has 6 heteroatoms. The average Bonchev–Trinajstić information content (AvgIpc) is 2.85. The molecule has 0 spiro atoms. The van der Waals surface area contributed by atoms with Gasteiger partial charge in [-0.25, -0.2) is 4.98 Å². The maximum atomic E-state index is 12.8. The molecule has 6 nitrogen and oxygen atoms in total. The zero-order chi connectivity index (χ0) is 16.6. The lowest BCUT2D eigenvalue weighted by Gasteiger charge is -2.33. The van der Waals surface area contributed by atoms with Crippen LogP contribution in [-0.4, -0.2) is 28.7 Å². The molecule has 122 valence electrons. The zero-order valence-corrected chi connectivity index (χ0v) is 13.9. The van der Waals surface area contributed by atoms with Crippen LogP contribution in [-0.2, 0) is 4.79 Å². The van der Waals surface area contributed by atoms with Crippen LogP contribution < -0.4 is 9.64 Å². The molecule has 2 atom stereocenters. The van der Waals surface area contributed by atoms with Crippen molar-refractivity contribution >= 4 is 11.6 Å². The summed E-state index contributed by atoms with van der Waals surface area (Å²) < 4.78 is 10.9. The Balaban J connectivity index is 1.81. The van der Waals surface area contributed by atoms with Gasteiger partial charge in [0, 0.05) is 18.2 Å². The monoisotopic (exact) mass is 315 g/mol. The highest BCUT2D eigenvalue weighted by molar-refractivity contribution is 5.95. The number of anilines is 1. The summed E-state index contributed by atoms with van der Waals surface area (Å²) in [6.07, 6.45) is 1.99. The van der Waals surface area contributed by atoms with E-state index in [-0.39, 0.29) is 17.9 Å². The maximum absolute atomic E-state index is 12.8. The number of fused-ring (bicyclic) bond motifs is 1. The van der Waals surface area contributed by atoms with Gasteiger partial charge in [-0.2, -0.15) is 0 Å². The van der Waals surface area contributed by atoms with Crippen LogP contribution in [0.5, 0.6) is 5.88 Å². The van der Waals surface area contributed by atoms with E-state index in [0.29, 0.717) is 18.8 Å². The predicted octanol–water partition coefficient (Wildman–Crippen LogP) is 2.99. The van der Waals surface area contributed by atoms with Crippen LogP contribution in [0.3, 0.4) is 0 Å². The molecule has 1 amide bonds. The highest BCUT2D eigenvalue weighted by atomic mass is 16.5. The van der Waals surface area contributed by atoms with E-state index in [9.17, 15) is 4.79 Å². The van der Waals surface area contributed by atoms with E-state index in [4.69, 9.17) is 9.26 Å². The van der Waals surface area contributed by atoms with Crippen molar-refractivity contribution in [3.63, 3.8) is 0 Å². The van der Waals surface area contributed by atoms with Crippen molar-refractivity contribution in [2.24, 2.45) is 0 Å². The molecule has 0 saturated heterocycles. The first-order chi connectivity index (χ1) is 11.0. The summed E-state index contributed by atoms with van der Waals surface area (Å²) in [7, 11) is 0. The summed E-state index contributed by atoms with van der Waals surface area (Å²) in [5.74, 6) is 1.40. The van der Waals surface area contributed by atoms with Gasteiger partial charge in [-0.1, -0.05) is 12.1 Å². The van der Waals surface area contributed by atoms with Crippen molar-refractivity contribution in [1.82, 2.24) is 10.1 Å². The molecule has 2 aromatic heterocycles. The quantitative estimate of drug-likeness (QED) is 0.871. The Labute approximate surface area is 135 Å². The van der Waals surface area contributed by atoms with Crippen LogP contribution in [0.1, 0.15) is 43.2 Å². The first-order valence-electron chi connectivity index (χ1n) is 7.82. The Morgan fingerprint density at radius 1 is 1.48 bits per heavy atom. The fourth-order valence-electron chi connectivity index (χ4n) is 3.17. The topological polar surface area (TPSA) is 68.5 Å². The number of ether oxygens (including phenoxy) is 1. The van der Waals surface area contributed by atoms with Gasteiger partial charge in [-0.15, -0.1) is 0 Å². The summed E-state index contributed by atoms with van der Waals surface area (Å²) in [6, 6.07) is 3.68. The number of carbonyl (C=O) groups is 1. The Hall–Kier alpha value is -2.37. The third-order valence-electron chi connectivity index (χ3n) is 4.16. The van der Waals surface area contributed by atoms with E-state index in [1.165, 1.54) is 0 Å². The molecule has 3 rings (SSSR count). The van der Waals surface area contributed by atoms with Gasteiger partial charge in [0.15, 0.2) is 0 Å². The van der Waals surface area contributed by atoms with Crippen molar-refractivity contribution in [3.05, 3.63) is 35.3 Å². The van der Waals surface area contributed by atoms with E-state index >= 15 is 0 Å². The van der Waals surface area contributed by atoms with Crippen molar-refractivity contribution in [3.8, 4) is 5.88 Å². The van der Waals surface area contributed by atoms with Crippen molar-refractivity contribution in [2.75, 3.05) is 11.4 Å². The maximum Gasteiger partial charge on any atom is 0.238 e. The summed E-state index contributed by atoms with van der Waals surface area (Å²) in [6.45, 7) is 8.29. The predicted molar refractivity (Wildman–Crippen MR) is 85.7 cm³/mol. The van der Waals surface area contributed by atoms with Gasteiger partial charge >= 0.3 is 0 Å². The van der Waals surface area contributed by atoms with Crippen molar-refractivity contribution in [1.29, 1.82) is 0 Å². The normalized spacial score (nSPS) is 18.3. The van der Waals surface area contributed by atoms with Gasteiger partial charge < -0.3 is 14.2 Å². The second kappa shape index (κ2) is 6.02. The Morgan fingerprint density at radius 3 is 2.96 bits per heavy atom. The molecule has 0 bridgehead atoms. The SMILES string of the molecule is Cc1noc(C)c1[C@@H](C)CC(=O)N1C[C@H](C)Oc2ncccc21. The largest absolute Gasteiger partial charge is 0.471 e. The number of aryl methyl sites for hydroxylation is 2. The molecule has 0 radical (unpaired) electrons. The van der Waals surface area contributed by atoms with E-state index in [0.717, 1.165) is 22.7 Å². The van der Waals surface area contributed by atoms with Crippen LogP contribution in [0.4, 0.5) is 5.69 Å². The minimum atomic E-state index is -0.0734. The number of aromatic nitrogens is 2. The number of hydrogen-bond acceptors (Lipinski definition) is 5. The molecule has 1 aliphatic rings. The van der Waals surface area contributed by atoms with Crippen molar-refractivity contribution in [2.45, 2.75) is 46.1 Å². The third kappa shape index (κ3) is 2.93.